The molecule has 4 nitrogen and oxygen atoms in total. The fourth-order valence-corrected chi connectivity index (χ4v) is 1.89. The Balaban J connectivity index is 2.53. The molecule has 0 bridgehead atoms. The second-order valence-electron chi connectivity index (χ2n) is 3.34. The Morgan fingerprint density at radius 1 is 1.75 bits per heavy atom. The van der Waals surface area contributed by atoms with Crippen LogP contribution in [0.25, 0.3) is 0 Å². The van der Waals surface area contributed by atoms with Crippen molar-refractivity contribution in [3.05, 3.63) is 21.6 Å². The maximum Gasteiger partial charge on any atom is 0.269 e. The third-order valence-electron chi connectivity index (χ3n) is 2.61. The Labute approximate surface area is 70.4 Å². The van der Waals surface area contributed by atoms with Crippen LogP contribution in [0.15, 0.2) is 4.79 Å². The number of aromatic amines is 1. The zero-order valence-electron chi connectivity index (χ0n) is 7.13. The van der Waals surface area contributed by atoms with Gasteiger partial charge in [0.25, 0.3) is 5.56 Å². The van der Waals surface area contributed by atoms with E-state index in [0.29, 0.717) is 12.5 Å². The molecular formula is C8H13N3O. The topological polar surface area (TPSA) is 63.8 Å². The SMILES string of the molecule is Cn1[nH]c2c(c1=O)CCC2CN. The van der Waals surface area contributed by atoms with Crippen LogP contribution < -0.4 is 11.3 Å². The molecule has 0 saturated carbocycles. The highest BCUT2D eigenvalue weighted by molar-refractivity contribution is 5.27. The number of hydrogen-bond donors (Lipinski definition) is 2. The van der Waals surface area contributed by atoms with Crippen molar-refractivity contribution >= 4 is 0 Å². The van der Waals surface area contributed by atoms with Gasteiger partial charge in [0.2, 0.25) is 0 Å². The lowest BCUT2D eigenvalue weighted by molar-refractivity contribution is 0.626. The van der Waals surface area contributed by atoms with Crippen molar-refractivity contribution in [2.75, 3.05) is 6.54 Å². The number of aromatic nitrogens is 2. The predicted octanol–water partition coefficient (Wildman–Crippen LogP) is -0.298. The lowest BCUT2D eigenvalue weighted by Gasteiger charge is -2.04. The smallest absolute Gasteiger partial charge is 0.269 e. The Kier molecular flexibility index (Phi) is 1.58. The fraction of sp³-hybridized carbons (Fsp3) is 0.625. The molecule has 1 aliphatic carbocycles. The molecule has 0 spiro atoms. The molecule has 1 unspecified atom stereocenters. The molecule has 1 aliphatic rings. The number of rotatable bonds is 1. The monoisotopic (exact) mass is 167 g/mol. The first-order valence-corrected chi connectivity index (χ1v) is 4.22. The van der Waals surface area contributed by atoms with Gasteiger partial charge in [-0.3, -0.25) is 14.6 Å². The maximum atomic E-state index is 11.4. The molecule has 0 amide bonds. The van der Waals surface area contributed by atoms with E-state index in [-0.39, 0.29) is 5.56 Å². The first-order chi connectivity index (χ1) is 5.74. The molecule has 3 N–H and O–H groups in total. The molecule has 0 aromatic carbocycles. The van der Waals surface area contributed by atoms with E-state index in [1.54, 1.807) is 7.05 Å². The minimum absolute atomic E-state index is 0.112. The van der Waals surface area contributed by atoms with Gasteiger partial charge in [-0.1, -0.05) is 0 Å². The molecule has 1 heterocycles. The minimum atomic E-state index is 0.112. The summed E-state index contributed by atoms with van der Waals surface area (Å²) in [7, 11) is 1.74. The van der Waals surface area contributed by atoms with E-state index in [4.69, 9.17) is 5.73 Å². The van der Waals surface area contributed by atoms with Crippen molar-refractivity contribution in [2.45, 2.75) is 18.8 Å². The van der Waals surface area contributed by atoms with E-state index >= 15 is 0 Å². The summed E-state index contributed by atoms with van der Waals surface area (Å²) < 4.78 is 1.53. The number of nitrogens with two attached hydrogens (primary N) is 1. The molecule has 2 rings (SSSR count). The zero-order valence-corrected chi connectivity index (χ0v) is 7.13. The standard InChI is InChI=1S/C8H13N3O/c1-11-8(12)6-3-2-5(4-9)7(6)10-11/h5,10H,2-4,9H2,1H3. The number of hydrogen-bond acceptors (Lipinski definition) is 2. The largest absolute Gasteiger partial charge is 0.330 e. The van der Waals surface area contributed by atoms with Crippen LogP contribution in [-0.2, 0) is 13.5 Å². The van der Waals surface area contributed by atoms with E-state index in [2.05, 4.69) is 5.10 Å². The van der Waals surface area contributed by atoms with Crippen LogP contribution in [0.1, 0.15) is 23.6 Å². The van der Waals surface area contributed by atoms with Gasteiger partial charge in [0, 0.05) is 30.8 Å². The molecular weight excluding hydrogens is 154 g/mol. The fourth-order valence-electron chi connectivity index (χ4n) is 1.89. The lowest BCUT2D eigenvalue weighted by Crippen LogP contribution is -2.15. The molecule has 66 valence electrons. The molecule has 12 heavy (non-hydrogen) atoms. The van der Waals surface area contributed by atoms with Crippen molar-refractivity contribution in [2.24, 2.45) is 12.8 Å². The molecule has 0 aliphatic heterocycles. The van der Waals surface area contributed by atoms with Crippen LogP contribution in [0.3, 0.4) is 0 Å². The van der Waals surface area contributed by atoms with Crippen LogP contribution in [0, 0.1) is 0 Å². The highest BCUT2D eigenvalue weighted by atomic mass is 16.1. The molecule has 1 aromatic rings. The van der Waals surface area contributed by atoms with Crippen LogP contribution in [0.4, 0.5) is 0 Å². The first-order valence-electron chi connectivity index (χ1n) is 4.22. The Bertz CT molecular complexity index is 350. The van der Waals surface area contributed by atoms with Gasteiger partial charge < -0.3 is 5.73 Å². The van der Waals surface area contributed by atoms with Crippen LogP contribution in [-0.4, -0.2) is 16.3 Å². The molecule has 0 saturated heterocycles. The highest BCUT2D eigenvalue weighted by Gasteiger charge is 2.26. The average Bonchev–Trinajstić information content (AvgIpc) is 2.55. The number of fused-ring (bicyclic) bond motifs is 1. The summed E-state index contributed by atoms with van der Waals surface area (Å²) in [6, 6.07) is 0. The number of H-pyrrole nitrogens is 1. The van der Waals surface area contributed by atoms with E-state index in [9.17, 15) is 4.79 Å². The van der Waals surface area contributed by atoms with Gasteiger partial charge in [-0.15, -0.1) is 0 Å². The number of nitrogens with zero attached hydrogens (tertiary/aromatic N) is 1. The second kappa shape index (κ2) is 2.48. The third-order valence-corrected chi connectivity index (χ3v) is 2.61. The van der Waals surface area contributed by atoms with Gasteiger partial charge in [0.15, 0.2) is 0 Å². The summed E-state index contributed by atoms with van der Waals surface area (Å²) in [5.74, 6) is 0.369. The number of nitrogens with one attached hydrogen (secondary N) is 1. The zero-order chi connectivity index (χ0) is 8.72. The van der Waals surface area contributed by atoms with Gasteiger partial charge in [-0.05, 0) is 12.8 Å². The Morgan fingerprint density at radius 2 is 2.50 bits per heavy atom. The van der Waals surface area contributed by atoms with Crippen LogP contribution in [0.2, 0.25) is 0 Å². The quantitative estimate of drug-likeness (QED) is 0.603. The molecule has 4 heteroatoms. The van der Waals surface area contributed by atoms with Crippen molar-refractivity contribution in [1.29, 1.82) is 0 Å². The number of aryl methyl sites for hydroxylation is 1. The molecule has 1 atom stereocenters. The van der Waals surface area contributed by atoms with Crippen LogP contribution >= 0.6 is 0 Å². The summed E-state index contributed by atoms with van der Waals surface area (Å²) in [5.41, 5.74) is 7.69. The van der Waals surface area contributed by atoms with E-state index in [1.807, 2.05) is 0 Å². The normalized spacial score (nSPS) is 21.3. The van der Waals surface area contributed by atoms with E-state index in [1.165, 1.54) is 4.68 Å². The van der Waals surface area contributed by atoms with Crippen molar-refractivity contribution in [1.82, 2.24) is 9.78 Å². The predicted molar refractivity (Wildman–Crippen MR) is 46.2 cm³/mol. The van der Waals surface area contributed by atoms with Gasteiger partial charge in [0.05, 0.1) is 0 Å². The molecule has 1 aromatic heterocycles. The van der Waals surface area contributed by atoms with Crippen molar-refractivity contribution in [3.8, 4) is 0 Å². The van der Waals surface area contributed by atoms with Crippen LogP contribution in [0.5, 0.6) is 0 Å². The average molecular weight is 167 g/mol. The summed E-state index contributed by atoms with van der Waals surface area (Å²) in [5, 5.41) is 3.05. The lowest BCUT2D eigenvalue weighted by atomic mass is 10.1. The van der Waals surface area contributed by atoms with Gasteiger partial charge in [0.1, 0.15) is 0 Å². The van der Waals surface area contributed by atoms with Gasteiger partial charge in [-0.2, -0.15) is 0 Å². The minimum Gasteiger partial charge on any atom is -0.330 e. The Hall–Kier alpha value is -1.03. The Morgan fingerprint density at radius 3 is 3.17 bits per heavy atom. The second-order valence-corrected chi connectivity index (χ2v) is 3.34. The highest BCUT2D eigenvalue weighted by Crippen LogP contribution is 2.27. The van der Waals surface area contributed by atoms with Gasteiger partial charge in [-0.25, -0.2) is 0 Å². The molecule has 0 fully saturated rings. The first kappa shape index (κ1) is 7.61. The van der Waals surface area contributed by atoms with E-state index in [0.717, 1.165) is 24.1 Å². The summed E-state index contributed by atoms with van der Waals surface area (Å²) >= 11 is 0. The van der Waals surface area contributed by atoms with Crippen molar-refractivity contribution < 1.29 is 0 Å². The van der Waals surface area contributed by atoms with Crippen molar-refractivity contribution in [3.63, 3.8) is 0 Å². The summed E-state index contributed by atoms with van der Waals surface area (Å²) in [6.07, 6.45) is 1.90. The van der Waals surface area contributed by atoms with Gasteiger partial charge >= 0.3 is 0 Å². The summed E-state index contributed by atoms with van der Waals surface area (Å²) in [6.45, 7) is 0.632. The molecule has 0 radical (unpaired) electrons. The maximum absolute atomic E-state index is 11.4. The van der Waals surface area contributed by atoms with E-state index < -0.39 is 0 Å². The summed E-state index contributed by atoms with van der Waals surface area (Å²) in [4.78, 5) is 11.4. The third kappa shape index (κ3) is 0.845.